The van der Waals surface area contributed by atoms with Crippen LogP contribution in [0.1, 0.15) is 71.6 Å². The Balaban J connectivity index is 0. The molecular formula is C32H57N7O7SiU. The molecule has 0 spiro atoms. The molecule has 0 saturated carbocycles. The third-order valence-corrected chi connectivity index (χ3v) is 8.71. The molecule has 1 heterocycles. The SMILES string of the molecule is CC(C)[C@H](NC(=O)CCCCCN1C(=O)C=CC1=O)C(=O)N[C@@H](CCCNC(N)=O)C(=O)N[C@H]([C-]=O)CCCCN.[CH2-]C[Si](C)(C)C.[U+2]. The minimum absolute atomic E-state index is 0. The number of urea groups is 1. The summed E-state index contributed by atoms with van der Waals surface area (Å²) >= 11 is 0. The summed E-state index contributed by atoms with van der Waals surface area (Å²) in [6, 6.07) is -2.39. The van der Waals surface area contributed by atoms with Crippen LogP contribution in [0.2, 0.25) is 25.7 Å². The van der Waals surface area contributed by atoms with Crippen molar-refractivity contribution in [2.24, 2.45) is 17.4 Å². The maximum absolute atomic E-state index is 13.2. The van der Waals surface area contributed by atoms with Gasteiger partial charge in [0.2, 0.25) is 17.7 Å². The van der Waals surface area contributed by atoms with Gasteiger partial charge in [0.05, 0.1) is 0 Å². The number of carbonyl (C=O) groups is 6. The Morgan fingerprint density at radius 3 is 2.00 bits per heavy atom. The summed E-state index contributed by atoms with van der Waals surface area (Å²) in [7, 11) is -0.742. The van der Waals surface area contributed by atoms with E-state index >= 15 is 0 Å². The monoisotopic (exact) mass is 917 g/mol. The number of nitrogens with two attached hydrogens (primary N) is 2. The summed E-state index contributed by atoms with van der Waals surface area (Å²) in [5, 5.41) is 10.4. The molecule has 0 saturated heterocycles. The van der Waals surface area contributed by atoms with E-state index in [-0.39, 0.29) is 80.7 Å². The smallest absolute Gasteiger partial charge is 0.540 e. The zero-order valence-electron chi connectivity index (χ0n) is 29.3. The molecule has 8 N–H and O–H groups in total. The third kappa shape index (κ3) is 22.2. The number of unbranched alkanes of at least 4 members (excludes halogenated alkanes) is 3. The van der Waals surface area contributed by atoms with Crippen molar-refractivity contribution in [3.63, 3.8) is 0 Å². The van der Waals surface area contributed by atoms with Crippen molar-refractivity contribution in [3.05, 3.63) is 19.1 Å². The normalized spacial score (nSPS) is 14.2. The number of rotatable bonds is 22. The molecule has 0 radical (unpaired) electrons. The van der Waals surface area contributed by atoms with Gasteiger partial charge in [0, 0.05) is 39.7 Å². The second-order valence-electron chi connectivity index (χ2n) is 13.0. The molecule has 16 heteroatoms. The van der Waals surface area contributed by atoms with Crippen molar-refractivity contribution in [3.8, 4) is 0 Å². The van der Waals surface area contributed by atoms with Gasteiger partial charge in [-0.25, -0.2) is 11.1 Å². The Hall–Kier alpha value is -2.54. The maximum Gasteiger partial charge on any atom is 2.00 e. The van der Waals surface area contributed by atoms with Crippen molar-refractivity contribution in [2.45, 2.75) is 115 Å². The van der Waals surface area contributed by atoms with Crippen molar-refractivity contribution in [2.75, 3.05) is 19.6 Å². The van der Waals surface area contributed by atoms with Crippen LogP contribution in [0.5, 0.6) is 0 Å². The Kier molecular flexibility index (Phi) is 26.1. The Bertz CT molecular complexity index is 1050. The third-order valence-electron chi connectivity index (χ3n) is 7.21. The molecule has 1 rings (SSSR count). The minimum atomic E-state index is -1.04. The summed E-state index contributed by atoms with van der Waals surface area (Å²) in [6.07, 6.45) is 8.12. The van der Waals surface area contributed by atoms with E-state index in [2.05, 4.69) is 47.8 Å². The van der Waals surface area contributed by atoms with Gasteiger partial charge in [0.1, 0.15) is 12.1 Å². The quantitative estimate of drug-likeness (QED) is 0.0403. The van der Waals surface area contributed by atoms with Gasteiger partial charge in [-0.05, 0) is 44.6 Å². The van der Waals surface area contributed by atoms with Crippen LogP contribution in [0.25, 0.3) is 0 Å². The van der Waals surface area contributed by atoms with Crippen LogP contribution < -0.4 is 32.7 Å². The summed E-state index contributed by atoms with van der Waals surface area (Å²) in [5.74, 6) is -2.49. The molecule has 1 aliphatic rings. The number of carbonyl (C=O) groups excluding carboxylic acids is 7. The zero-order valence-corrected chi connectivity index (χ0v) is 34.5. The van der Waals surface area contributed by atoms with E-state index in [1.165, 1.54) is 12.2 Å². The fourth-order valence-electron chi connectivity index (χ4n) is 4.14. The van der Waals surface area contributed by atoms with E-state index < -0.39 is 44.0 Å². The van der Waals surface area contributed by atoms with E-state index in [1.807, 2.05) is 0 Å². The van der Waals surface area contributed by atoms with Crippen molar-refractivity contribution < 1.29 is 64.7 Å². The summed E-state index contributed by atoms with van der Waals surface area (Å²) in [4.78, 5) is 85.4. The first kappa shape index (κ1) is 47.6. The van der Waals surface area contributed by atoms with Gasteiger partial charge < -0.3 is 44.5 Å². The molecule has 0 aromatic heterocycles. The first-order chi connectivity index (χ1) is 22.1. The van der Waals surface area contributed by atoms with Gasteiger partial charge in [-0.3, -0.25) is 28.9 Å². The molecule has 0 fully saturated rings. The predicted octanol–water partition coefficient (Wildman–Crippen LogP) is 1.43. The largest absolute Gasteiger partial charge is 2.00 e. The first-order valence-electron chi connectivity index (χ1n) is 16.4. The number of hydrogen-bond donors (Lipinski definition) is 6. The van der Waals surface area contributed by atoms with Crippen LogP contribution in [-0.4, -0.2) is 92.6 Å². The standard InChI is InChI=1S/C27H44N7O7.C5H13Si.U/c1-18(2)24(33-21(36)11-4-3-7-16-34-22(37)12-13-23(34)38)26(40)32-20(10-8-15-30-27(29)41)25(39)31-19(17-35)9-5-6-14-28;1-5-6(2,3)4;/h12-13,18-20,24H,3-11,14-16,28H2,1-2H3,(H,31,39)(H,32,40)(H,33,36)(H3,29,30,41);1,5H2,2-4H3;/q2*-1;+2/t19-,20-,24-;;/m0../s1. The van der Waals surface area contributed by atoms with Gasteiger partial charge in [0.15, 0.2) is 0 Å². The van der Waals surface area contributed by atoms with Crippen LogP contribution in [0, 0.1) is 44.0 Å². The van der Waals surface area contributed by atoms with Crippen molar-refractivity contribution in [1.82, 2.24) is 26.2 Å². The first-order valence-corrected chi connectivity index (χ1v) is 20.1. The molecular weight excluding hydrogens is 861 g/mol. The average Bonchev–Trinajstić information content (AvgIpc) is 3.32. The van der Waals surface area contributed by atoms with E-state index in [1.54, 1.807) is 20.1 Å². The van der Waals surface area contributed by atoms with E-state index in [9.17, 15) is 33.6 Å². The van der Waals surface area contributed by atoms with E-state index in [0.29, 0.717) is 51.5 Å². The molecule has 1 aliphatic heterocycles. The van der Waals surface area contributed by atoms with Gasteiger partial charge in [-0.1, -0.05) is 58.8 Å². The molecule has 270 valence electrons. The summed E-state index contributed by atoms with van der Waals surface area (Å²) in [6.45, 7) is 15.2. The Morgan fingerprint density at radius 2 is 1.50 bits per heavy atom. The van der Waals surface area contributed by atoms with Crippen LogP contribution >= 0.6 is 0 Å². The van der Waals surface area contributed by atoms with Gasteiger partial charge in [0.25, 0.3) is 11.8 Å². The van der Waals surface area contributed by atoms with Crippen LogP contribution in [0.4, 0.5) is 4.79 Å². The molecule has 0 aromatic carbocycles. The molecule has 0 bridgehead atoms. The molecule has 7 amide bonds. The number of primary amides is 1. The van der Waals surface area contributed by atoms with Crippen LogP contribution in [0.3, 0.4) is 0 Å². The summed E-state index contributed by atoms with van der Waals surface area (Å²) < 4.78 is 0. The average molecular weight is 918 g/mol. The molecule has 0 unspecified atom stereocenters. The molecule has 48 heavy (non-hydrogen) atoms. The van der Waals surface area contributed by atoms with Crippen molar-refractivity contribution in [1.29, 1.82) is 0 Å². The van der Waals surface area contributed by atoms with Crippen LogP contribution in [0.15, 0.2) is 12.2 Å². The van der Waals surface area contributed by atoms with Gasteiger partial charge in [-0.15, -0.1) is 0 Å². The zero-order chi connectivity index (χ0) is 36.0. The molecule has 14 nitrogen and oxygen atoms in total. The van der Waals surface area contributed by atoms with Crippen LogP contribution in [-0.2, 0) is 28.8 Å². The number of hydrogen-bond acceptors (Lipinski definition) is 8. The Labute approximate surface area is 310 Å². The van der Waals surface area contributed by atoms with Gasteiger partial charge >= 0.3 is 37.1 Å². The predicted molar refractivity (Wildman–Crippen MR) is 184 cm³/mol. The molecule has 0 aliphatic carbocycles. The van der Waals surface area contributed by atoms with E-state index in [0.717, 1.165) is 10.9 Å². The number of imide groups is 1. The number of nitrogens with zero attached hydrogens (tertiary/aromatic N) is 1. The number of amides is 7. The second-order valence-corrected chi connectivity index (χ2v) is 18.7. The molecule has 0 aromatic rings. The minimum Gasteiger partial charge on any atom is -0.540 e. The van der Waals surface area contributed by atoms with E-state index in [4.69, 9.17) is 11.5 Å². The van der Waals surface area contributed by atoms with Crippen molar-refractivity contribution >= 4 is 49.9 Å². The maximum atomic E-state index is 13.2. The summed E-state index contributed by atoms with van der Waals surface area (Å²) in [5.41, 5.74) is 10.6. The fourth-order valence-corrected chi connectivity index (χ4v) is 4.14. The topological polar surface area (TPSA) is 223 Å². The molecule has 3 atom stereocenters. The van der Waals surface area contributed by atoms with Gasteiger partial charge in [-0.2, -0.15) is 6.04 Å². The fraction of sp³-hybridized carbons (Fsp3) is 0.688. The number of nitrogens with one attached hydrogen (secondary N) is 4. The Morgan fingerprint density at radius 1 is 0.896 bits per heavy atom. The second kappa shape index (κ2) is 26.3.